The number of nitrogens with one attached hydrogen (secondary N) is 1. The molecule has 3 aromatic rings. The van der Waals surface area contributed by atoms with Gasteiger partial charge in [0.1, 0.15) is 0 Å². The van der Waals surface area contributed by atoms with Crippen LogP contribution >= 0.6 is 0 Å². The molecule has 24 heavy (non-hydrogen) atoms. The Bertz CT molecular complexity index is 791. The fourth-order valence-electron chi connectivity index (χ4n) is 2.51. The minimum absolute atomic E-state index is 0.0503. The number of hydrogen-bond donors (Lipinski definition) is 1. The van der Waals surface area contributed by atoms with Gasteiger partial charge in [-0.1, -0.05) is 48.0 Å². The second-order valence-electron chi connectivity index (χ2n) is 5.89. The third-order valence-corrected chi connectivity index (χ3v) is 3.88. The van der Waals surface area contributed by atoms with E-state index in [4.69, 9.17) is 0 Å². The van der Waals surface area contributed by atoms with E-state index in [0.29, 0.717) is 13.0 Å². The Labute approximate surface area is 142 Å². The van der Waals surface area contributed by atoms with Crippen LogP contribution < -0.4 is 5.32 Å². The number of carbonyl (C=O) groups is 1. The molecule has 1 aromatic heterocycles. The van der Waals surface area contributed by atoms with Gasteiger partial charge >= 0.3 is 0 Å². The van der Waals surface area contributed by atoms with Gasteiger partial charge in [-0.05, 0) is 36.6 Å². The van der Waals surface area contributed by atoms with Gasteiger partial charge in [-0.15, -0.1) is 0 Å². The maximum atomic E-state index is 12.0. The van der Waals surface area contributed by atoms with E-state index < -0.39 is 0 Å². The van der Waals surface area contributed by atoms with E-state index in [1.165, 1.54) is 5.56 Å². The summed E-state index contributed by atoms with van der Waals surface area (Å²) in [5, 5.41) is 7.33. The predicted octanol–water partition coefficient (Wildman–Crippen LogP) is 3.08. The molecule has 3 rings (SSSR count). The van der Waals surface area contributed by atoms with Crippen molar-refractivity contribution in [2.24, 2.45) is 0 Å². The Morgan fingerprint density at radius 1 is 1.04 bits per heavy atom. The van der Waals surface area contributed by atoms with E-state index in [9.17, 15) is 4.79 Å². The van der Waals surface area contributed by atoms with Crippen LogP contribution in [0.15, 0.2) is 67.0 Å². The number of hydrogen-bond acceptors (Lipinski definition) is 2. The monoisotopic (exact) mass is 319 g/mol. The molecule has 4 nitrogen and oxygen atoms in total. The summed E-state index contributed by atoms with van der Waals surface area (Å²) in [6.07, 6.45) is 5.04. The first kappa shape index (κ1) is 16.0. The predicted molar refractivity (Wildman–Crippen MR) is 95.2 cm³/mol. The highest BCUT2D eigenvalue weighted by molar-refractivity contribution is 5.78. The number of rotatable bonds is 6. The molecular weight excluding hydrogens is 298 g/mol. The fourth-order valence-corrected chi connectivity index (χ4v) is 2.51. The van der Waals surface area contributed by atoms with Crippen LogP contribution in [0, 0.1) is 6.92 Å². The largest absolute Gasteiger partial charge is 0.355 e. The van der Waals surface area contributed by atoms with Gasteiger partial charge in [0.25, 0.3) is 0 Å². The van der Waals surface area contributed by atoms with Gasteiger partial charge < -0.3 is 5.32 Å². The molecule has 0 fully saturated rings. The van der Waals surface area contributed by atoms with Crippen LogP contribution in [0.25, 0.3) is 5.69 Å². The van der Waals surface area contributed by atoms with Crippen molar-refractivity contribution in [3.63, 3.8) is 0 Å². The Kier molecular flexibility index (Phi) is 5.06. The molecule has 0 spiro atoms. The van der Waals surface area contributed by atoms with Crippen LogP contribution in [0.1, 0.15) is 16.7 Å². The van der Waals surface area contributed by atoms with Crippen molar-refractivity contribution in [2.75, 3.05) is 6.54 Å². The first-order chi connectivity index (χ1) is 11.7. The lowest BCUT2D eigenvalue weighted by molar-refractivity contribution is -0.120. The summed E-state index contributed by atoms with van der Waals surface area (Å²) in [6, 6.07) is 18.0. The van der Waals surface area contributed by atoms with Gasteiger partial charge in [-0.25, -0.2) is 4.68 Å². The van der Waals surface area contributed by atoms with Crippen molar-refractivity contribution >= 4 is 5.91 Å². The normalized spacial score (nSPS) is 10.5. The van der Waals surface area contributed by atoms with Gasteiger partial charge in [0, 0.05) is 12.7 Å². The van der Waals surface area contributed by atoms with E-state index >= 15 is 0 Å². The number of benzene rings is 2. The van der Waals surface area contributed by atoms with Crippen molar-refractivity contribution in [3.05, 3.63) is 83.7 Å². The molecule has 0 atom stereocenters. The second-order valence-corrected chi connectivity index (χ2v) is 5.89. The molecule has 0 aliphatic heterocycles. The maximum Gasteiger partial charge on any atom is 0.224 e. The van der Waals surface area contributed by atoms with Gasteiger partial charge in [0.05, 0.1) is 18.3 Å². The topological polar surface area (TPSA) is 46.9 Å². The molecule has 0 bridgehead atoms. The summed E-state index contributed by atoms with van der Waals surface area (Å²) in [4.78, 5) is 12.0. The van der Waals surface area contributed by atoms with E-state index in [1.54, 1.807) is 0 Å². The SMILES string of the molecule is Cc1ccc(CC(=O)NCCc2cnn(-c3ccccc3)c2)cc1. The molecule has 0 saturated heterocycles. The van der Waals surface area contributed by atoms with E-state index in [1.807, 2.05) is 78.6 Å². The minimum Gasteiger partial charge on any atom is -0.355 e. The molecule has 1 amide bonds. The van der Waals surface area contributed by atoms with Crippen LogP contribution in [0.3, 0.4) is 0 Å². The Hall–Kier alpha value is -2.88. The highest BCUT2D eigenvalue weighted by Gasteiger charge is 2.04. The van der Waals surface area contributed by atoms with Crippen molar-refractivity contribution < 1.29 is 4.79 Å². The number of amides is 1. The molecule has 0 radical (unpaired) electrons. The molecule has 1 N–H and O–H groups in total. The van der Waals surface area contributed by atoms with Gasteiger partial charge in [-0.3, -0.25) is 4.79 Å². The lowest BCUT2D eigenvalue weighted by Crippen LogP contribution is -2.27. The summed E-state index contributed by atoms with van der Waals surface area (Å²) in [7, 11) is 0. The highest BCUT2D eigenvalue weighted by atomic mass is 16.1. The minimum atomic E-state index is 0.0503. The second kappa shape index (κ2) is 7.59. The number of aryl methyl sites for hydroxylation is 1. The summed E-state index contributed by atoms with van der Waals surface area (Å²) in [6.45, 7) is 2.66. The number of carbonyl (C=O) groups excluding carboxylic acids is 1. The summed E-state index contributed by atoms with van der Waals surface area (Å²) in [5.41, 5.74) is 4.38. The fraction of sp³-hybridized carbons (Fsp3) is 0.200. The number of nitrogens with zero attached hydrogens (tertiary/aromatic N) is 2. The molecule has 0 aliphatic carbocycles. The van der Waals surface area contributed by atoms with Crippen LogP contribution in [-0.4, -0.2) is 22.2 Å². The lowest BCUT2D eigenvalue weighted by atomic mass is 10.1. The van der Waals surface area contributed by atoms with E-state index in [0.717, 1.165) is 23.2 Å². The van der Waals surface area contributed by atoms with Crippen molar-refractivity contribution in [3.8, 4) is 5.69 Å². The van der Waals surface area contributed by atoms with E-state index in [-0.39, 0.29) is 5.91 Å². The Balaban J connectivity index is 1.47. The van der Waals surface area contributed by atoms with Crippen molar-refractivity contribution in [1.29, 1.82) is 0 Å². The molecule has 0 aliphatic rings. The zero-order chi connectivity index (χ0) is 16.8. The Morgan fingerprint density at radius 3 is 2.54 bits per heavy atom. The van der Waals surface area contributed by atoms with Crippen molar-refractivity contribution in [2.45, 2.75) is 19.8 Å². The lowest BCUT2D eigenvalue weighted by Gasteiger charge is -2.05. The Morgan fingerprint density at radius 2 is 1.79 bits per heavy atom. The van der Waals surface area contributed by atoms with Gasteiger partial charge in [0.15, 0.2) is 0 Å². The molecular formula is C20H21N3O. The third kappa shape index (κ3) is 4.32. The summed E-state index contributed by atoms with van der Waals surface area (Å²) >= 11 is 0. The number of aromatic nitrogens is 2. The average molecular weight is 319 g/mol. The van der Waals surface area contributed by atoms with Gasteiger partial charge in [0.2, 0.25) is 5.91 Å². The number of para-hydroxylation sites is 1. The van der Waals surface area contributed by atoms with Crippen LogP contribution in [-0.2, 0) is 17.6 Å². The van der Waals surface area contributed by atoms with Crippen molar-refractivity contribution in [1.82, 2.24) is 15.1 Å². The standard InChI is InChI=1S/C20H21N3O/c1-16-7-9-17(10-8-16)13-20(24)21-12-11-18-14-22-23(15-18)19-5-3-2-4-6-19/h2-10,14-15H,11-13H2,1H3,(H,21,24). The average Bonchev–Trinajstić information content (AvgIpc) is 3.07. The third-order valence-electron chi connectivity index (χ3n) is 3.88. The first-order valence-corrected chi connectivity index (χ1v) is 8.12. The van der Waals surface area contributed by atoms with Crippen LogP contribution in [0.5, 0.6) is 0 Å². The smallest absolute Gasteiger partial charge is 0.224 e. The summed E-state index contributed by atoms with van der Waals surface area (Å²) < 4.78 is 1.85. The first-order valence-electron chi connectivity index (χ1n) is 8.12. The molecule has 0 unspecified atom stereocenters. The zero-order valence-corrected chi connectivity index (χ0v) is 13.8. The highest BCUT2D eigenvalue weighted by Crippen LogP contribution is 2.08. The molecule has 122 valence electrons. The summed E-state index contributed by atoms with van der Waals surface area (Å²) in [5.74, 6) is 0.0503. The molecule has 0 saturated carbocycles. The quantitative estimate of drug-likeness (QED) is 0.759. The molecule has 4 heteroatoms. The molecule has 1 heterocycles. The van der Waals surface area contributed by atoms with Gasteiger partial charge in [-0.2, -0.15) is 5.10 Å². The van der Waals surface area contributed by atoms with Crippen LogP contribution in [0.2, 0.25) is 0 Å². The molecule has 2 aromatic carbocycles. The van der Waals surface area contributed by atoms with E-state index in [2.05, 4.69) is 10.4 Å². The zero-order valence-electron chi connectivity index (χ0n) is 13.8. The van der Waals surface area contributed by atoms with Crippen LogP contribution in [0.4, 0.5) is 0 Å². The maximum absolute atomic E-state index is 12.0.